The molecule has 0 fully saturated rings. The molecule has 1 atom stereocenters. The van der Waals surface area contributed by atoms with E-state index in [9.17, 15) is 9.59 Å². The maximum atomic E-state index is 13.6. The monoisotopic (exact) mass is 509 g/mol. The smallest absolute Gasteiger partial charge is 0.419 e. The first-order valence-electron chi connectivity index (χ1n) is 11.5. The van der Waals surface area contributed by atoms with Crippen molar-refractivity contribution in [2.75, 3.05) is 13.7 Å². The highest BCUT2D eigenvalue weighted by atomic mass is 32.1. The number of aryl methyl sites for hydroxylation is 1. The van der Waals surface area contributed by atoms with E-state index < -0.39 is 11.7 Å². The minimum atomic E-state index is -0.667. The minimum absolute atomic E-state index is 0.164. The predicted octanol–water partition coefficient (Wildman–Crippen LogP) is 4.07. The number of ether oxygens (including phenoxy) is 2. The Morgan fingerprint density at radius 3 is 2.61 bits per heavy atom. The molecule has 0 unspecified atom stereocenters. The molecule has 3 aromatic heterocycles. The number of methoxy groups -OCH3 is 1. The van der Waals surface area contributed by atoms with Crippen molar-refractivity contribution >= 4 is 34.4 Å². The van der Waals surface area contributed by atoms with E-state index in [-0.39, 0.29) is 11.9 Å². The molecule has 0 saturated carbocycles. The van der Waals surface area contributed by atoms with Crippen LogP contribution in [0.4, 0.5) is 4.79 Å². The molecule has 11 nitrogen and oxygen atoms in total. The molecule has 1 aliphatic heterocycles. The number of aromatic nitrogens is 6. The van der Waals surface area contributed by atoms with E-state index in [0.717, 1.165) is 0 Å². The predicted molar refractivity (Wildman–Crippen MR) is 133 cm³/mol. The zero-order valence-corrected chi connectivity index (χ0v) is 21.8. The lowest BCUT2D eigenvalue weighted by Crippen LogP contribution is -2.41. The minimum Gasteiger partial charge on any atom is -0.494 e. The summed E-state index contributed by atoms with van der Waals surface area (Å²) in [4.78, 5) is 32.7. The van der Waals surface area contributed by atoms with Crippen molar-refractivity contribution in [1.82, 2.24) is 33.6 Å². The number of carbonyl (C=O) groups is 2. The van der Waals surface area contributed by atoms with Gasteiger partial charge < -0.3 is 18.9 Å². The van der Waals surface area contributed by atoms with Gasteiger partial charge in [0.1, 0.15) is 17.2 Å². The number of rotatable bonds is 3. The molecular weight excluding hydrogens is 482 g/mol. The fourth-order valence-electron chi connectivity index (χ4n) is 4.33. The highest BCUT2D eigenvalue weighted by molar-refractivity contribution is 7.09. The van der Waals surface area contributed by atoms with E-state index in [4.69, 9.17) is 9.47 Å². The van der Waals surface area contributed by atoms with Crippen LogP contribution < -0.4 is 4.74 Å². The molecule has 0 aliphatic carbocycles. The van der Waals surface area contributed by atoms with Crippen LogP contribution in [0.15, 0.2) is 24.4 Å². The first kappa shape index (κ1) is 23.9. The molecule has 36 heavy (non-hydrogen) atoms. The van der Waals surface area contributed by atoms with Crippen molar-refractivity contribution in [2.24, 2.45) is 0 Å². The normalized spacial score (nSPS) is 15.7. The highest BCUT2D eigenvalue weighted by Gasteiger charge is 2.33. The SMILES string of the molecule is COc1cn(C(=O)OC(C)(C)C)c2cc(C(=O)N3CCn4c(-c5nc(C)ns5)nnc4[C@H]3C)ccc12. The van der Waals surface area contributed by atoms with Gasteiger partial charge in [-0.05, 0) is 64.4 Å². The van der Waals surface area contributed by atoms with Gasteiger partial charge in [-0.15, -0.1) is 10.2 Å². The second-order valence-electron chi connectivity index (χ2n) is 9.63. The fraction of sp³-hybridized carbons (Fsp3) is 0.417. The van der Waals surface area contributed by atoms with Crippen LogP contribution in [0, 0.1) is 6.92 Å². The van der Waals surface area contributed by atoms with E-state index in [1.165, 1.54) is 23.2 Å². The summed E-state index contributed by atoms with van der Waals surface area (Å²) in [6, 6.07) is 4.93. The fourth-order valence-corrected chi connectivity index (χ4v) is 4.99. The van der Waals surface area contributed by atoms with Crippen molar-refractivity contribution in [3.8, 4) is 16.6 Å². The Labute approximate surface area is 211 Å². The Hall–Kier alpha value is -3.80. The van der Waals surface area contributed by atoms with Gasteiger partial charge in [-0.3, -0.25) is 4.79 Å². The van der Waals surface area contributed by atoms with Crippen LogP contribution in [0.2, 0.25) is 0 Å². The number of hydrogen-bond donors (Lipinski definition) is 0. The summed E-state index contributed by atoms with van der Waals surface area (Å²) >= 11 is 1.28. The largest absolute Gasteiger partial charge is 0.494 e. The number of nitrogens with zero attached hydrogens (tertiary/aromatic N) is 7. The molecule has 188 valence electrons. The van der Waals surface area contributed by atoms with Crippen molar-refractivity contribution in [3.63, 3.8) is 0 Å². The van der Waals surface area contributed by atoms with Crippen LogP contribution in [0.5, 0.6) is 5.75 Å². The van der Waals surface area contributed by atoms with E-state index >= 15 is 0 Å². The lowest BCUT2D eigenvalue weighted by molar-refractivity contribution is 0.0542. The zero-order chi connectivity index (χ0) is 25.8. The van der Waals surface area contributed by atoms with Crippen LogP contribution >= 0.6 is 11.5 Å². The Morgan fingerprint density at radius 1 is 1.17 bits per heavy atom. The third-order valence-corrected chi connectivity index (χ3v) is 6.79. The van der Waals surface area contributed by atoms with Gasteiger partial charge in [-0.2, -0.15) is 4.37 Å². The van der Waals surface area contributed by atoms with Gasteiger partial charge in [0, 0.05) is 24.0 Å². The van der Waals surface area contributed by atoms with Crippen LogP contribution in [0.25, 0.3) is 21.7 Å². The molecule has 1 aliphatic rings. The molecular formula is C24H27N7O4S. The molecule has 12 heteroatoms. The number of amides is 1. The molecule has 0 bridgehead atoms. The summed E-state index contributed by atoms with van der Waals surface area (Å²) < 4.78 is 18.6. The second kappa shape index (κ2) is 8.70. The topological polar surface area (TPSA) is 117 Å². The average Bonchev–Trinajstić information content (AvgIpc) is 3.53. The van der Waals surface area contributed by atoms with Gasteiger partial charge in [0.2, 0.25) is 0 Å². The highest BCUT2D eigenvalue weighted by Crippen LogP contribution is 2.33. The van der Waals surface area contributed by atoms with E-state index in [2.05, 4.69) is 19.6 Å². The molecule has 1 aromatic carbocycles. The van der Waals surface area contributed by atoms with Crippen molar-refractivity contribution in [2.45, 2.75) is 52.8 Å². The molecule has 4 heterocycles. The summed E-state index contributed by atoms with van der Waals surface area (Å²) in [5.74, 6) is 2.41. The summed E-state index contributed by atoms with van der Waals surface area (Å²) in [7, 11) is 1.54. The first-order chi connectivity index (χ1) is 17.1. The van der Waals surface area contributed by atoms with Gasteiger partial charge in [-0.1, -0.05) is 0 Å². The maximum absolute atomic E-state index is 13.6. The molecule has 5 rings (SSSR count). The van der Waals surface area contributed by atoms with Crippen molar-refractivity contribution < 1.29 is 19.1 Å². The summed E-state index contributed by atoms with van der Waals surface area (Å²) in [6.45, 7) is 10.2. The molecule has 0 spiro atoms. The van der Waals surface area contributed by atoms with Crippen LogP contribution in [-0.4, -0.2) is 64.8 Å². The number of fused-ring (bicyclic) bond motifs is 2. The van der Waals surface area contributed by atoms with Gasteiger partial charge >= 0.3 is 6.09 Å². The van der Waals surface area contributed by atoms with Crippen LogP contribution in [-0.2, 0) is 11.3 Å². The Morgan fingerprint density at radius 2 is 1.94 bits per heavy atom. The lowest BCUT2D eigenvalue weighted by atomic mass is 10.1. The van der Waals surface area contributed by atoms with Crippen molar-refractivity contribution in [1.29, 1.82) is 0 Å². The zero-order valence-electron chi connectivity index (χ0n) is 21.0. The van der Waals surface area contributed by atoms with E-state index in [1.807, 2.05) is 18.4 Å². The standard InChI is InChI=1S/C24H27N7O4S/c1-13-19-26-27-20(21-25-14(2)28-36-21)30(19)10-9-29(13)22(32)15-7-8-16-17(11-15)31(12-18(16)34-6)23(33)35-24(3,4)5/h7-8,11-13H,9-10H2,1-6H3/t13-/m1/s1. The number of hydrogen-bond acceptors (Lipinski definition) is 9. The van der Waals surface area contributed by atoms with Gasteiger partial charge in [0.25, 0.3) is 5.91 Å². The van der Waals surface area contributed by atoms with E-state index in [1.54, 1.807) is 50.1 Å². The van der Waals surface area contributed by atoms with Crippen LogP contribution in [0.3, 0.4) is 0 Å². The quantitative estimate of drug-likeness (QED) is 0.406. The molecule has 0 N–H and O–H groups in total. The third kappa shape index (κ3) is 4.11. The second-order valence-corrected chi connectivity index (χ2v) is 10.4. The lowest BCUT2D eigenvalue weighted by Gasteiger charge is -2.33. The maximum Gasteiger partial charge on any atom is 0.419 e. The summed E-state index contributed by atoms with van der Waals surface area (Å²) in [5, 5.41) is 10.1. The average molecular weight is 510 g/mol. The first-order valence-corrected chi connectivity index (χ1v) is 12.3. The number of carbonyl (C=O) groups excluding carboxylic acids is 2. The van der Waals surface area contributed by atoms with Crippen LogP contribution in [0.1, 0.15) is 55.7 Å². The van der Waals surface area contributed by atoms with Gasteiger partial charge in [0.15, 0.2) is 16.7 Å². The third-order valence-electron chi connectivity index (χ3n) is 5.99. The summed E-state index contributed by atoms with van der Waals surface area (Å²) in [5.41, 5.74) is 0.321. The number of benzene rings is 1. The Bertz CT molecular complexity index is 1480. The van der Waals surface area contributed by atoms with Gasteiger partial charge in [0.05, 0.1) is 24.9 Å². The van der Waals surface area contributed by atoms with Crippen molar-refractivity contribution in [3.05, 3.63) is 41.6 Å². The Kier molecular flexibility index (Phi) is 5.78. The van der Waals surface area contributed by atoms with Gasteiger partial charge in [-0.25, -0.2) is 14.3 Å². The molecule has 0 saturated heterocycles. The molecule has 4 aromatic rings. The molecule has 1 amide bonds. The molecule has 0 radical (unpaired) electrons. The van der Waals surface area contributed by atoms with E-state index in [0.29, 0.717) is 57.8 Å². The Balaban J connectivity index is 1.47. The summed E-state index contributed by atoms with van der Waals surface area (Å²) in [6.07, 6.45) is 1.04.